The van der Waals surface area contributed by atoms with E-state index < -0.39 is 10.0 Å². The first-order chi connectivity index (χ1) is 11.9. The molecule has 6 nitrogen and oxygen atoms in total. The van der Waals surface area contributed by atoms with E-state index in [4.69, 9.17) is 4.74 Å². The minimum Gasteiger partial charge on any atom is -0.497 e. The number of amides is 1. The van der Waals surface area contributed by atoms with Crippen molar-refractivity contribution in [2.45, 2.75) is 19.8 Å². The van der Waals surface area contributed by atoms with Gasteiger partial charge in [0.05, 0.1) is 12.9 Å². The maximum atomic E-state index is 12.0. The molecule has 0 bridgehead atoms. The van der Waals surface area contributed by atoms with Gasteiger partial charge in [0.1, 0.15) is 5.75 Å². The molecule has 0 spiro atoms. The van der Waals surface area contributed by atoms with Crippen LogP contribution in [0.25, 0.3) is 0 Å². The summed E-state index contributed by atoms with van der Waals surface area (Å²) in [4.78, 5) is 12.0. The number of benzene rings is 2. The number of sulfonamides is 1. The topological polar surface area (TPSA) is 84.5 Å². The molecule has 0 fully saturated rings. The summed E-state index contributed by atoms with van der Waals surface area (Å²) in [6, 6.07) is 14.2. The minimum atomic E-state index is -3.30. The van der Waals surface area contributed by atoms with Crippen LogP contribution in [-0.2, 0) is 21.2 Å². The molecule has 0 aliphatic carbocycles. The van der Waals surface area contributed by atoms with Crippen molar-refractivity contribution in [3.63, 3.8) is 0 Å². The molecule has 0 saturated heterocycles. The van der Waals surface area contributed by atoms with E-state index in [2.05, 4.69) is 10.0 Å². The first-order valence-corrected chi connectivity index (χ1v) is 9.60. The molecule has 2 aromatic carbocycles. The van der Waals surface area contributed by atoms with Gasteiger partial charge in [0, 0.05) is 17.8 Å². The van der Waals surface area contributed by atoms with Crippen LogP contribution in [0.1, 0.15) is 18.9 Å². The number of carbonyl (C=O) groups excluding carboxylic acids is 1. The third-order valence-electron chi connectivity index (χ3n) is 3.62. The zero-order valence-electron chi connectivity index (χ0n) is 14.3. The molecule has 2 N–H and O–H groups in total. The zero-order valence-corrected chi connectivity index (χ0v) is 15.1. The van der Waals surface area contributed by atoms with Crippen LogP contribution in [0.3, 0.4) is 0 Å². The predicted octanol–water partition coefficient (Wildman–Crippen LogP) is 3.03. The third kappa shape index (κ3) is 6.11. The highest BCUT2D eigenvalue weighted by atomic mass is 32.2. The van der Waals surface area contributed by atoms with Gasteiger partial charge in [-0.15, -0.1) is 0 Å². The number of anilines is 2. The Morgan fingerprint density at radius 2 is 1.60 bits per heavy atom. The number of hydrogen-bond donors (Lipinski definition) is 2. The molecule has 2 rings (SSSR count). The van der Waals surface area contributed by atoms with Crippen LogP contribution >= 0.6 is 0 Å². The zero-order chi connectivity index (χ0) is 18.3. The van der Waals surface area contributed by atoms with Gasteiger partial charge in [-0.1, -0.05) is 12.1 Å². The number of ether oxygens (including phenoxy) is 1. The predicted molar refractivity (Wildman–Crippen MR) is 99.5 cm³/mol. The number of nitrogens with one attached hydrogen (secondary N) is 2. The normalized spacial score (nSPS) is 11.0. The number of rotatable bonds is 8. The summed E-state index contributed by atoms with van der Waals surface area (Å²) in [7, 11) is -1.69. The van der Waals surface area contributed by atoms with Gasteiger partial charge < -0.3 is 10.1 Å². The van der Waals surface area contributed by atoms with E-state index in [1.807, 2.05) is 24.3 Å². The Labute approximate surface area is 148 Å². The average Bonchev–Trinajstić information content (AvgIpc) is 2.62. The lowest BCUT2D eigenvalue weighted by atomic mass is 10.1. The highest BCUT2D eigenvalue weighted by Crippen LogP contribution is 2.16. The summed E-state index contributed by atoms with van der Waals surface area (Å²) >= 11 is 0. The maximum absolute atomic E-state index is 12.0. The lowest BCUT2D eigenvalue weighted by Gasteiger charge is -2.08. The Balaban J connectivity index is 1.85. The smallest absolute Gasteiger partial charge is 0.232 e. The van der Waals surface area contributed by atoms with E-state index in [-0.39, 0.29) is 11.7 Å². The van der Waals surface area contributed by atoms with Gasteiger partial charge >= 0.3 is 0 Å². The average molecular weight is 362 g/mol. The van der Waals surface area contributed by atoms with Gasteiger partial charge in [-0.2, -0.15) is 0 Å². The summed E-state index contributed by atoms with van der Waals surface area (Å²) in [5.74, 6) is 0.696. The molecule has 0 aliphatic heterocycles. The number of carbonyl (C=O) groups is 1. The van der Waals surface area contributed by atoms with Crippen molar-refractivity contribution in [3.05, 3.63) is 54.1 Å². The van der Waals surface area contributed by atoms with E-state index in [0.29, 0.717) is 24.2 Å². The Bertz CT molecular complexity index is 800. The van der Waals surface area contributed by atoms with Crippen molar-refractivity contribution in [2.24, 2.45) is 0 Å². The lowest BCUT2D eigenvalue weighted by Crippen LogP contribution is -2.15. The Morgan fingerprint density at radius 3 is 2.16 bits per heavy atom. The summed E-state index contributed by atoms with van der Waals surface area (Å²) in [6.07, 6.45) is 0.987. The second kappa shape index (κ2) is 8.53. The lowest BCUT2D eigenvalue weighted by molar-refractivity contribution is -0.116. The molecule has 7 heteroatoms. The standard InChI is InChI=1S/C18H22N2O4S/c1-3-25(22,23)20-16-9-7-15(8-10-16)19-18(21)13-6-14-4-11-17(24-2)12-5-14/h4-5,7-12,20H,3,6,13H2,1-2H3,(H,19,21). The number of hydrogen-bond acceptors (Lipinski definition) is 4. The van der Waals surface area contributed by atoms with Crippen molar-refractivity contribution in [3.8, 4) is 5.75 Å². The summed E-state index contributed by atoms with van der Waals surface area (Å²) in [5.41, 5.74) is 2.15. The van der Waals surface area contributed by atoms with Crippen LogP contribution in [0.5, 0.6) is 5.75 Å². The number of methoxy groups -OCH3 is 1. The second-order valence-electron chi connectivity index (χ2n) is 5.48. The largest absolute Gasteiger partial charge is 0.497 e. The van der Waals surface area contributed by atoms with Crippen molar-refractivity contribution in [2.75, 3.05) is 22.9 Å². The molecule has 25 heavy (non-hydrogen) atoms. The number of aryl methyl sites for hydroxylation is 1. The summed E-state index contributed by atoms with van der Waals surface area (Å²) in [5, 5.41) is 2.80. The van der Waals surface area contributed by atoms with Crippen molar-refractivity contribution in [1.29, 1.82) is 0 Å². The Hall–Kier alpha value is -2.54. The second-order valence-corrected chi connectivity index (χ2v) is 7.49. The van der Waals surface area contributed by atoms with Crippen LogP contribution in [0.15, 0.2) is 48.5 Å². The SMILES string of the molecule is CCS(=O)(=O)Nc1ccc(NC(=O)CCc2ccc(OC)cc2)cc1. The third-order valence-corrected chi connectivity index (χ3v) is 4.93. The van der Waals surface area contributed by atoms with Gasteiger partial charge in [-0.25, -0.2) is 8.42 Å². The van der Waals surface area contributed by atoms with E-state index in [1.165, 1.54) is 0 Å². The van der Waals surface area contributed by atoms with Gasteiger partial charge in [-0.05, 0) is 55.3 Å². The molecule has 2 aromatic rings. The fourth-order valence-corrected chi connectivity index (χ4v) is 2.79. The summed E-state index contributed by atoms with van der Waals surface area (Å²) in [6.45, 7) is 1.57. The molecule has 1 amide bonds. The van der Waals surface area contributed by atoms with E-state index >= 15 is 0 Å². The van der Waals surface area contributed by atoms with Crippen molar-refractivity contribution < 1.29 is 17.9 Å². The highest BCUT2D eigenvalue weighted by molar-refractivity contribution is 7.92. The van der Waals surface area contributed by atoms with Gasteiger partial charge in [-0.3, -0.25) is 9.52 Å². The fourth-order valence-electron chi connectivity index (χ4n) is 2.15. The molecule has 0 saturated carbocycles. The van der Waals surface area contributed by atoms with Crippen LogP contribution < -0.4 is 14.8 Å². The quantitative estimate of drug-likeness (QED) is 0.756. The van der Waals surface area contributed by atoms with Crippen LogP contribution in [0, 0.1) is 0 Å². The van der Waals surface area contributed by atoms with Gasteiger partial charge in [0.15, 0.2) is 0 Å². The molecule has 0 radical (unpaired) electrons. The highest BCUT2D eigenvalue weighted by Gasteiger charge is 2.07. The van der Waals surface area contributed by atoms with Crippen molar-refractivity contribution in [1.82, 2.24) is 0 Å². The first-order valence-electron chi connectivity index (χ1n) is 7.95. The molecule has 0 atom stereocenters. The van der Waals surface area contributed by atoms with E-state index in [1.54, 1.807) is 38.3 Å². The monoisotopic (exact) mass is 362 g/mol. The Kier molecular flexibility index (Phi) is 6.41. The first kappa shape index (κ1) is 18.8. The summed E-state index contributed by atoms with van der Waals surface area (Å²) < 4.78 is 30.6. The molecule has 0 unspecified atom stereocenters. The molecular weight excluding hydrogens is 340 g/mol. The minimum absolute atomic E-state index is 0.0108. The molecule has 0 heterocycles. The molecule has 134 valence electrons. The molecular formula is C18H22N2O4S. The van der Waals surface area contributed by atoms with E-state index in [9.17, 15) is 13.2 Å². The van der Waals surface area contributed by atoms with Gasteiger partial charge in [0.25, 0.3) is 0 Å². The van der Waals surface area contributed by atoms with E-state index in [0.717, 1.165) is 11.3 Å². The van der Waals surface area contributed by atoms with Crippen molar-refractivity contribution >= 4 is 27.3 Å². The van der Waals surface area contributed by atoms with Gasteiger partial charge in [0.2, 0.25) is 15.9 Å². The molecule has 0 aliphatic rings. The van der Waals surface area contributed by atoms with Crippen LogP contribution in [-0.4, -0.2) is 27.2 Å². The fraction of sp³-hybridized carbons (Fsp3) is 0.278. The maximum Gasteiger partial charge on any atom is 0.232 e. The molecule has 0 aromatic heterocycles. The Morgan fingerprint density at radius 1 is 1.00 bits per heavy atom. The van der Waals surface area contributed by atoms with Crippen LogP contribution in [0.4, 0.5) is 11.4 Å². The van der Waals surface area contributed by atoms with Crippen LogP contribution in [0.2, 0.25) is 0 Å².